The normalized spacial score (nSPS) is 10.4. The van der Waals surface area contributed by atoms with Crippen molar-refractivity contribution in [3.05, 3.63) is 71.8 Å². The monoisotopic (exact) mass is 366 g/mol. The highest BCUT2D eigenvalue weighted by molar-refractivity contribution is 8.13. The Morgan fingerprint density at radius 3 is 2.00 bits per heavy atom. The van der Waals surface area contributed by atoms with E-state index in [4.69, 9.17) is 15.7 Å². The maximum absolute atomic E-state index is 11.1. The fourth-order valence-electron chi connectivity index (χ4n) is 1.61. The van der Waals surface area contributed by atoms with Gasteiger partial charge in [0.05, 0.1) is 0 Å². The Balaban J connectivity index is 0.000000243. The molecule has 0 heterocycles. The quantitative estimate of drug-likeness (QED) is 0.324. The number of carbonyl (C=O) groups excluding carboxylic acids is 1. The summed E-state index contributed by atoms with van der Waals surface area (Å²) in [5.74, 6) is -0.684. The van der Waals surface area contributed by atoms with Crippen molar-refractivity contribution < 1.29 is 17.8 Å². The lowest BCUT2D eigenvalue weighted by atomic mass is 10.2. The van der Waals surface area contributed by atoms with E-state index >= 15 is 0 Å². The van der Waals surface area contributed by atoms with E-state index in [0.29, 0.717) is 0 Å². The minimum atomic E-state index is -4.22. The molecule has 0 aliphatic heterocycles. The molecular formula is C16H18N2O4S2. The highest BCUT2D eigenvalue weighted by Crippen LogP contribution is 2.09. The number of nitrogens with two attached hydrogens (primary N) is 1. The Kier molecular flexibility index (Phi) is 8.17. The van der Waals surface area contributed by atoms with Gasteiger partial charge in [0.2, 0.25) is 0 Å². The van der Waals surface area contributed by atoms with Crippen molar-refractivity contribution in [3.63, 3.8) is 0 Å². The van der Waals surface area contributed by atoms with Gasteiger partial charge in [-0.25, -0.2) is 0 Å². The number of hydrogen-bond acceptors (Lipinski definition) is 5. The molecule has 0 saturated heterocycles. The van der Waals surface area contributed by atoms with E-state index in [-0.39, 0.29) is 10.7 Å². The summed E-state index contributed by atoms with van der Waals surface area (Å²) in [5, 5.41) is 7.16. The van der Waals surface area contributed by atoms with Crippen molar-refractivity contribution in [2.45, 2.75) is 5.75 Å². The number of thioether (sulfide) groups is 1. The standard InChI is InChI=1S/C8H10N2S.C8H8O4S/c9-8(10)11-6-7-4-2-1-3-5-7;9-8(6-13(10,11)12)7-4-2-1-3-5-7/h1-5H,6H2,(H3,9,10);1-5H,6H2,(H,10,11,12). The van der Waals surface area contributed by atoms with E-state index < -0.39 is 21.7 Å². The summed E-state index contributed by atoms with van der Waals surface area (Å²) in [7, 11) is -4.22. The van der Waals surface area contributed by atoms with Crippen LogP contribution in [0.4, 0.5) is 0 Å². The number of ketones is 1. The third kappa shape index (κ3) is 9.09. The van der Waals surface area contributed by atoms with Gasteiger partial charge in [-0.05, 0) is 5.56 Å². The molecular weight excluding hydrogens is 348 g/mol. The van der Waals surface area contributed by atoms with Gasteiger partial charge >= 0.3 is 0 Å². The SMILES string of the molecule is N=C(N)SCc1ccccc1.O=C(CS(=O)(=O)O)c1ccccc1. The van der Waals surface area contributed by atoms with Crippen LogP contribution in [0.25, 0.3) is 0 Å². The zero-order chi connectivity index (χ0) is 18.0. The molecule has 0 atom stereocenters. The van der Waals surface area contributed by atoms with Crippen LogP contribution in [0, 0.1) is 5.41 Å². The summed E-state index contributed by atoms with van der Waals surface area (Å²) in [5.41, 5.74) is 6.67. The van der Waals surface area contributed by atoms with Crippen molar-refractivity contribution >= 4 is 32.8 Å². The molecule has 0 radical (unpaired) electrons. The number of carbonyl (C=O) groups is 1. The van der Waals surface area contributed by atoms with Crippen molar-refractivity contribution in [2.75, 3.05) is 5.75 Å². The smallest absolute Gasteiger partial charge is 0.272 e. The fraction of sp³-hybridized carbons (Fsp3) is 0.125. The first-order chi connectivity index (χ1) is 11.3. The molecule has 0 amide bonds. The second-order valence-corrected chi connectivity index (χ2v) is 7.12. The van der Waals surface area contributed by atoms with Gasteiger partial charge in [0, 0.05) is 11.3 Å². The zero-order valence-corrected chi connectivity index (χ0v) is 14.4. The molecule has 8 heteroatoms. The van der Waals surface area contributed by atoms with Gasteiger partial charge < -0.3 is 5.73 Å². The molecule has 2 rings (SSSR count). The molecule has 6 nitrogen and oxygen atoms in total. The first-order valence-electron chi connectivity index (χ1n) is 6.82. The molecule has 0 unspecified atom stereocenters. The molecule has 0 fully saturated rings. The molecule has 2 aromatic rings. The highest BCUT2D eigenvalue weighted by Gasteiger charge is 2.13. The fourth-order valence-corrected chi connectivity index (χ4v) is 2.62. The van der Waals surface area contributed by atoms with Crippen LogP contribution >= 0.6 is 11.8 Å². The number of benzene rings is 2. The van der Waals surface area contributed by atoms with E-state index in [1.54, 1.807) is 18.2 Å². The number of nitrogens with one attached hydrogen (secondary N) is 1. The van der Waals surface area contributed by atoms with E-state index in [1.165, 1.54) is 29.5 Å². The van der Waals surface area contributed by atoms with Crippen LogP contribution < -0.4 is 5.73 Å². The first-order valence-corrected chi connectivity index (χ1v) is 9.41. The second kappa shape index (κ2) is 9.86. The van der Waals surface area contributed by atoms with Crippen LogP contribution in [0.5, 0.6) is 0 Å². The van der Waals surface area contributed by atoms with Crippen LogP contribution in [0.15, 0.2) is 60.7 Å². The molecule has 0 aliphatic carbocycles. The Hall–Kier alpha value is -2.16. The van der Waals surface area contributed by atoms with Crippen LogP contribution in [0.3, 0.4) is 0 Å². The number of amidine groups is 1. The van der Waals surface area contributed by atoms with Crippen molar-refractivity contribution in [3.8, 4) is 0 Å². The molecule has 128 valence electrons. The Labute approximate surface area is 145 Å². The minimum absolute atomic E-state index is 0.175. The van der Waals surface area contributed by atoms with Crippen molar-refractivity contribution in [1.29, 1.82) is 5.41 Å². The molecule has 0 spiro atoms. The van der Waals surface area contributed by atoms with Crippen LogP contribution in [-0.2, 0) is 15.9 Å². The Bertz CT molecular complexity index is 763. The lowest BCUT2D eigenvalue weighted by Crippen LogP contribution is -2.14. The van der Waals surface area contributed by atoms with Gasteiger partial charge in [-0.2, -0.15) is 8.42 Å². The predicted molar refractivity (Wildman–Crippen MR) is 96.8 cm³/mol. The van der Waals surface area contributed by atoms with Crippen LogP contribution in [0.2, 0.25) is 0 Å². The highest BCUT2D eigenvalue weighted by atomic mass is 32.2. The molecule has 2 aromatic carbocycles. The summed E-state index contributed by atoms with van der Waals surface area (Å²) in [6.07, 6.45) is 0. The summed E-state index contributed by atoms with van der Waals surface area (Å²) in [6.45, 7) is 0. The Morgan fingerprint density at radius 2 is 1.54 bits per heavy atom. The summed E-state index contributed by atoms with van der Waals surface area (Å²) in [4.78, 5) is 11.1. The lowest BCUT2D eigenvalue weighted by Gasteiger charge is -1.97. The van der Waals surface area contributed by atoms with Gasteiger partial charge in [-0.1, -0.05) is 72.4 Å². The summed E-state index contributed by atoms with van der Waals surface area (Å²) >= 11 is 1.35. The third-order valence-corrected chi connectivity index (χ3v) is 4.06. The molecule has 0 bridgehead atoms. The maximum atomic E-state index is 11.1. The Morgan fingerprint density at radius 1 is 1.04 bits per heavy atom. The van der Waals surface area contributed by atoms with Gasteiger partial charge in [0.15, 0.2) is 11.0 Å². The second-order valence-electron chi connectivity index (χ2n) is 4.65. The molecule has 4 N–H and O–H groups in total. The molecule has 0 aromatic heterocycles. The minimum Gasteiger partial charge on any atom is -0.379 e. The number of Topliss-reactive ketones (excluding diaryl/α,β-unsaturated/α-hetero) is 1. The zero-order valence-electron chi connectivity index (χ0n) is 12.8. The third-order valence-electron chi connectivity index (χ3n) is 2.65. The van der Waals surface area contributed by atoms with Crippen molar-refractivity contribution in [2.24, 2.45) is 5.73 Å². The summed E-state index contributed by atoms with van der Waals surface area (Å²) in [6, 6.07) is 17.9. The predicted octanol–water partition coefficient (Wildman–Crippen LogP) is 2.57. The van der Waals surface area contributed by atoms with Crippen LogP contribution in [-0.4, -0.2) is 29.7 Å². The largest absolute Gasteiger partial charge is 0.379 e. The first kappa shape index (κ1) is 19.9. The van der Waals surface area contributed by atoms with Gasteiger partial charge in [0.25, 0.3) is 10.1 Å². The average molecular weight is 366 g/mol. The van der Waals surface area contributed by atoms with E-state index in [1.807, 2.05) is 30.3 Å². The van der Waals surface area contributed by atoms with Crippen molar-refractivity contribution in [1.82, 2.24) is 0 Å². The van der Waals surface area contributed by atoms with E-state index in [0.717, 1.165) is 5.75 Å². The van der Waals surface area contributed by atoms with E-state index in [9.17, 15) is 13.2 Å². The summed E-state index contributed by atoms with van der Waals surface area (Å²) < 4.78 is 29.1. The molecule has 0 aliphatic rings. The molecule has 24 heavy (non-hydrogen) atoms. The number of rotatable bonds is 5. The topological polar surface area (TPSA) is 121 Å². The lowest BCUT2D eigenvalue weighted by molar-refractivity contribution is 0.101. The van der Waals surface area contributed by atoms with Gasteiger partial charge in [-0.3, -0.25) is 14.8 Å². The van der Waals surface area contributed by atoms with Gasteiger partial charge in [0.1, 0.15) is 5.75 Å². The maximum Gasteiger partial charge on any atom is 0.272 e. The number of hydrogen-bond donors (Lipinski definition) is 3. The average Bonchev–Trinajstić information content (AvgIpc) is 2.54. The van der Waals surface area contributed by atoms with Gasteiger partial charge in [-0.15, -0.1) is 0 Å². The van der Waals surface area contributed by atoms with E-state index in [2.05, 4.69) is 0 Å². The molecule has 0 saturated carbocycles. The van der Waals surface area contributed by atoms with Crippen LogP contribution in [0.1, 0.15) is 15.9 Å².